The summed E-state index contributed by atoms with van der Waals surface area (Å²) in [6.07, 6.45) is 6.16. The summed E-state index contributed by atoms with van der Waals surface area (Å²) in [5, 5.41) is 4.47. The van der Waals surface area contributed by atoms with Crippen molar-refractivity contribution in [3.63, 3.8) is 0 Å². The van der Waals surface area contributed by atoms with E-state index in [1.807, 2.05) is 42.5 Å². The number of amides is 1. The van der Waals surface area contributed by atoms with Crippen molar-refractivity contribution < 1.29 is 18.7 Å². The molecule has 0 saturated carbocycles. The highest BCUT2D eigenvalue weighted by Gasteiger charge is 2.09. The number of hydrogen-bond donors (Lipinski definition) is 1. The number of para-hydroxylation sites is 2. The van der Waals surface area contributed by atoms with Gasteiger partial charge in [-0.2, -0.15) is 5.10 Å². The number of unbranched alkanes of at least 4 members (excludes halogenated alkanes) is 3. The molecule has 0 aliphatic carbocycles. The second kappa shape index (κ2) is 12.0. The van der Waals surface area contributed by atoms with Gasteiger partial charge in [-0.15, -0.1) is 0 Å². The maximum Gasteiger partial charge on any atom is 0.257 e. The van der Waals surface area contributed by atoms with E-state index >= 15 is 0 Å². The molecule has 0 atom stereocenters. The second-order valence-electron chi connectivity index (χ2n) is 6.85. The fraction of sp³-hybridized carbons (Fsp3) is 0.348. The molecule has 31 heavy (non-hydrogen) atoms. The van der Waals surface area contributed by atoms with Crippen molar-refractivity contribution in [1.82, 2.24) is 10.4 Å². The van der Waals surface area contributed by atoms with Crippen molar-refractivity contribution in [3.8, 4) is 11.5 Å². The monoisotopic (exact) mass is 441 g/mol. The van der Waals surface area contributed by atoms with Crippen molar-refractivity contribution in [2.75, 3.05) is 19.5 Å². The number of aromatic nitrogens is 1. The average molecular weight is 442 g/mol. The number of nitrogens with one attached hydrogen (secondary N) is 1. The first-order valence-corrected chi connectivity index (χ1v) is 11.3. The molecule has 1 heterocycles. The van der Waals surface area contributed by atoms with E-state index in [4.69, 9.17) is 13.9 Å². The van der Waals surface area contributed by atoms with Gasteiger partial charge < -0.3 is 13.9 Å². The van der Waals surface area contributed by atoms with Crippen LogP contribution in [0.15, 0.2) is 57.2 Å². The zero-order valence-electron chi connectivity index (χ0n) is 17.8. The van der Waals surface area contributed by atoms with E-state index in [1.165, 1.54) is 24.6 Å². The lowest BCUT2D eigenvalue weighted by molar-refractivity contribution is -0.118. The van der Waals surface area contributed by atoms with Crippen LogP contribution in [0.2, 0.25) is 0 Å². The lowest BCUT2D eigenvalue weighted by Gasteiger charge is -2.11. The van der Waals surface area contributed by atoms with Crippen molar-refractivity contribution in [2.24, 2.45) is 5.10 Å². The Kier molecular flexibility index (Phi) is 8.78. The third kappa shape index (κ3) is 7.03. The molecule has 3 rings (SSSR count). The maximum atomic E-state index is 12.0. The van der Waals surface area contributed by atoms with Gasteiger partial charge >= 0.3 is 0 Å². The van der Waals surface area contributed by atoms with Gasteiger partial charge in [0.05, 0.1) is 25.7 Å². The van der Waals surface area contributed by atoms with E-state index in [9.17, 15) is 4.79 Å². The normalized spacial score (nSPS) is 11.2. The molecule has 0 saturated heterocycles. The number of carbonyl (C=O) groups is 1. The maximum absolute atomic E-state index is 12.0. The topological polar surface area (TPSA) is 86.0 Å². The molecule has 2 aromatic carbocycles. The van der Waals surface area contributed by atoms with E-state index in [1.54, 1.807) is 13.3 Å². The number of hydrazone groups is 1. The number of ether oxygens (including phenoxy) is 2. The predicted octanol–water partition coefficient (Wildman–Crippen LogP) is 5.04. The molecular formula is C23H27N3O4S. The van der Waals surface area contributed by atoms with Gasteiger partial charge in [0.2, 0.25) is 0 Å². The Morgan fingerprint density at radius 1 is 1.19 bits per heavy atom. The zero-order chi connectivity index (χ0) is 21.9. The summed E-state index contributed by atoms with van der Waals surface area (Å²) in [6.45, 7) is 2.85. The van der Waals surface area contributed by atoms with Crippen molar-refractivity contribution in [2.45, 2.75) is 37.8 Å². The fourth-order valence-corrected chi connectivity index (χ4v) is 3.48. The number of benzene rings is 2. The SMILES string of the molecule is CCCCCCOc1ccc(/C=N/NC(=O)CSc2nc3ccccc3o2)cc1OC. The number of oxazole rings is 1. The second-order valence-corrected chi connectivity index (χ2v) is 7.78. The van der Waals surface area contributed by atoms with E-state index in [0.29, 0.717) is 28.9 Å². The molecule has 3 aromatic rings. The Bertz CT molecular complexity index is 986. The molecule has 0 aliphatic heterocycles. The van der Waals surface area contributed by atoms with Crippen LogP contribution in [0.4, 0.5) is 0 Å². The first kappa shape index (κ1) is 22.7. The number of fused-ring (bicyclic) bond motifs is 1. The van der Waals surface area contributed by atoms with Crippen molar-refractivity contribution in [3.05, 3.63) is 48.0 Å². The standard InChI is InChI=1S/C23H27N3O4S/c1-3-4-5-8-13-29-20-12-11-17(14-21(20)28-2)15-24-26-22(27)16-31-23-25-18-9-6-7-10-19(18)30-23/h6-7,9-12,14-15H,3-5,8,13,16H2,1-2H3,(H,26,27)/b24-15+. The largest absolute Gasteiger partial charge is 0.493 e. The molecule has 0 bridgehead atoms. The van der Waals surface area contributed by atoms with Gasteiger partial charge in [0, 0.05) is 0 Å². The molecule has 0 spiro atoms. The van der Waals surface area contributed by atoms with Gasteiger partial charge in [-0.05, 0) is 42.3 Å². The van der Waals surface area contributed by atoms with Crippen LogP contribution in [0.5, 0.6) is 11.5 Å². The highest BCUT2D eigenvalue weighted by molar-refractivity contribution is 7.99. The van der Waals surface area contributed by atoms with Crippen LogP contribution in [0.25, 0.3) is 11.1 Å². The minimum absolute atomic E-state index is 0.151. The summed E-state index contributed by atoms with van der Waals surface area (Å²) in [5.41, 5.74) is 4.77. The molecule has 0 aliphatic rings. The first-order chi connectivity index (χ1) is 15.2. The van der Waals surface area contributed by atoms with Crippen LogP contribution in [0.3, 0.4) is 0 Å². The summed E-state index contributed by atoms with van der Waals surface area (Å²) >= 11 is 1.22. The highest BCUT2D eigenvalue weighted by atomic mass is 32.2. The van der Waals surface area contributed by atoms with Gasteiger partial charge in [-0.3, -0.25) is 4.79 Å². The molecule has 1 aromatic heterocycles. The molecule has 0 unspecified atom stereocenters. The molecule has 1 amide bonds. The van der Waals surface area contributed by atoms with Gasteiger partial charge in [0.15, 0.2) is 17.1 Å². The first-order valence-electron chi connectivity index (χ1n) is 10.3. The van der Waals surface area contributed by atoms with Crippen LogP contribution in [0, 0.1) is 0 Å². The molecule has 164 valence electrons. The predicted molar refractivity (Wildman–Crippen MR) is 123 cm³/mol. The summed E-state index contributed by atoms with van der Waals surface area (Å²) in [4.78, 5) is 16.4. The van der Waals surface area contributed by atoms with E-state index in [2.05, 4.69) is 22.4 Å². The van der Waals surface area contributed by atoms with Crippen molar-refractivity contribution >= 4 is 35.0 Å². The van der Waals surface area contributed by atoms with E-state index < -0.39 is 0 Å². The fourth-order valence-electron chi connectivity index (χ4n) is 2.85. The van der Waals surface area contributed by atoms with Gasteiger partial charge in [-0.25, -0.2) is 10.4 Å². The number of nitrogens with zero attached hydrogens (tertiary/aromatic N) is 2. The number of rotatable bonds is 12. The zero-order valence-corrected chi connectivity index (χ0v) is 18.6. The number of thioether (sulfide) groups is 1. The van der Waals surface area contributed by atoms with Crippen LogP contribution in [-0.2, 0) is 4.79 Å². The summed E-state index contributed by atoms with van der Waals surface area (Å²) < 4.78 is 16.8. The third-order valence-electron chi connectivity index (χ3n) is 4.45. The quantitative estimate of drug-likeness (QED) is 0.183. The molecule has 1 N–H and O–H groups in total. The highest BCUT2D eigenvalue weighted by Crippen LogP contribution is 2.28. The average Bonchev–Trinajstić information content (AvgIpc) is 3.21. The summed E-state index contributed by atoms with van der Waals surface area (Å²) in [6, 6.07) is 13.0. The van der Waals surface area contributed by atoms with Gasteiger partial charge in [0.1, 0.15) is 5.52 Å². The summed E-state index contributed by atoms with van der Waals surface area (Å²) in [7, 11) is 1.60. The Balaban J connectivity index is 1.46. The Morgan fingerprint density at radius 2 is 2.06 bits per heavy atom. The third-order valence-corrected chi connectivity index (χ3v) is 5.28. The molecule has 0 fully saturated rings. The van der Waals surface area contributed by atoms with Gasteiger partial charge in [-0.1, -0.05) is 50.1 Å². The number of hydrogen-bond acceptors (Lipinski definition) is 7. The molecular weight excluding hydrogens is 414 g/mol. The van der Waals surface area contributed by atoms with E-state index in [0.717, 1.165) is 23.9 Å². The minimum atomic E-state index is -0.248. The summed E-state index contributed by atoms with van der Waals surface area (Å²) in [5.74, 6) is 1.24. The molecule has 8 heteroatoms. The van der Waals surface area contributed by atoms with Crippen LogP contribution in [-0.4, -0.2) is 36.6 Å². The lowest BCUT2D eigenvalue weighted by Crippen LogP contribution is -2.19. The number of methoxy groups -OCH3 is 1. The van der Waals surface area contributed by atoms with Gasteiger partial charge in [0.25, 0.3) is 11.1 Å². The molecule has 7 nitrogen and oxygen atoms in total. The van der Waals surface area contributed by atoms with Crippen molar-refractivity contribution in [1.29, 1.82) is 0 Å². The van der Waals surface area contributed by atoms with Crippen LogP contribution >= 0.6 is 11.8 Å². The smallest absolute Gasteiger partial charge is 0.257 e. The number of carbonyl (C=O) groups excluding carboxylic acids is 1. The minimum Gasteiger partial charge on any atom is -0.493 e. The van der Waals surface area contributed by atoms with E-state index in [-0.39, 0.29) is 11.7 Å². The van der Waals surface area contributed by atoms with Crippen LogP contribution < -0.4 is 14.9 Å². The Morgan fingerprint density at radius 3 is 2.87 bits per heavy atom. The lowest BCUT2D eigenvalue weighted by atomic mass is 10.2. The molecule has 0 radical (unpaired) electrons. The van der Waals surface area contributed by atoms with Crippen LogP contribution in [0.1, 0.15) is 38.2 Å². The Hall–Kier alpha value is -3.00. The Labute approximate surface area is 186 Å².